The predicted molar refractivity (Wildman–Crippen MR) is 118 cm³/mol. The topological polar surface area (TPSA) is 79.9 Å². The SMILES string of the molecule is N#CCOc1cccc(CNC(=O)c2cn(-c3ccccc3)nc2-c2ccccc2)c1. The molecular formula is C25H20N4O2. The first kappa shape index (κ1) is 19.9. The molecule has 0 fully saturated rings. The van der Waals surface area contributed by atoms with Crippen LogP contribution >= 0.6 is 0 Å². The number of hydrogen-bond acceptors (Lipinski definition) is 4. The molecule has 152 valence electrons. The zero-order chi connectivity index (χ0) is 21.5. The third-order valence-electron chi connectivity index (χ3n) is 4.68. The van der Waals surface area contributed by atoms with Gasteiger partial charge in [0, 0.05) is 18.3 Å². The number of para-hydroxylation sites is 1. The summed E-state index contributed by atoms with van der Waals surface area (Å²) in [5, 5.41) is 16.3. The van der Waals surface area contributed by atoms with E-state index in [0.29, 0.717) is 23.6 Å². The molecule has 4 aromatic rings. The summed E-state index contributed by atoms with van der Waals surface area (Å²) in [7, 11) is 0. The Morgan fingerprint density at radius 1 is 1.00 bits per heavy atom. The van der Waals surface area contributed by atoms with Crippen molar-refractivity contribution in [2.24, 2.45) is 0 Å². The van der Waals surface area contributed by atoms with Crippen molar-refractivity contribution in [1.82, 2.24) is 15.1 Å². The second-order valence-corrected chi connectivity index (χ2v) is 6.81. The van der Waals surface area contributed by atoms with E-state index in [0.717, 1.165) is 16.8 Å². The van der Waals surface area contributed by atoms with Crippen molar-refractivity contribution in [2.45, 2.75) is 6.54 Å². The summed E-state index contributed by atoms with van der Waals surface area (Å²) in [5.41, 5.74) is 3.73. The van der Waals surface area contributed by atoms with Crippen LogP contribution in [0.2, 0.25) is 0 Å². The fraction of sp³-hybridized carbons (Fsp3) is 0.0800. The Labute approximate surface area is 180 Å². The van der Waals surface area contributed by atoms with E-state index in [2.05, 4.69) is 10.4 Å². The number of hydrogen-bond donors (Lipinski definition) is 1. The van der Waals surface area contributed by atoms with Crippen molar-refractivity contribution in [3.63, 3.8) is 0 Å². The first-order valence-electron chi connectivity index (χ1n) is 9.82. The molecule has 0 aliphatic heterocycles. The van der Waals surface area contributed by atoms with Crippen LogP contribution in [0.1, 0.15) is 15.9 Å². The van der Waals surface area contributed by atoms with Gasteiger partial charge < -0.3 is 10.1 Å². The first-order valence-corrected chi connectivity index (χ1v) is 9.82. The van der Waals surface area contributed by atoms with E-state index in [4.69, 9.17) is 10.00 Å². The van der Waals surface area contributed by atoms with Gasteiger partial charge in [-0.05, 0) is 29.8 Å². The van der Waals surface area contributed by atoms with Gasteiger partial charge in [0.2, 0.25) is 0 Å². The summed E-state index contributed by atoms with van der Waals surface area (Å²) in [5.74, 6) is 0.375. The number of benzene rings is 3. The van der Waals surface area contributed by atoms with Crippen LogP contribution < -0.4 is 10.1 Å². The number of nitrogens with one attached hydrogen (secondary N) is 1. The molecular weight excluding hydrogens is 388 g/mol. The van der Waals surface area contributed by atoms with Crippen LogP contribution in [0.25, 0.3) is 16.9 Å². The zero-order valence-corrected chi connectivity index (χ0v) is 16.7. The molecule has 0 unspecified atom stereocenters. The Hall–Kier alpha value is -4.37. The highest BCUT2D eigenvalue weighted by atomic mass is 16.5. The van der Waals surface area contributed by atoms with E-state index in [-0.39, 0.29) is 12.5 Å². The Balaban J connectivity index is 1.58. The Morgan fingerprint density at radius 3 is 2.48 bits per heavy atom. The van der Waals surface area contributed by atoms with Crippen LogP contribution in [0.5, 0.6) is 5.75 Å². The molecule has 0 bridgehead atoms. The molecule has 0 aliphatic carbocycles. The second-order valence-electron chi connectivity index (χ2n) is 6.81. The van der Waals surface area contributed by atoms with Crippen molar-refractivity contribution in [3.05, 3.63) is 102 Å². The molecule has 0 saturated carbocycles. The summed E-state index contributed by atoms with van der Waals surface area (Å²) in [4.78, 5) is 13.1. The van der Waals surface area contributed by atoms with Gasteiger partial charge in [0.05, 0.1) is 11.3 Å². The highest BCUT2D eigenvalue weighted by molar-refractivity contribution is 5.99. The Morgan fingerprint density at radius 2 is 1.74 bits per heavy atom. The molecule has 1 N–H and O–H groups in total. The average Bonchev–Trinajstić information content (AvgIpc) is 3.28. The predicted octanol–water partition coefficient (Wildman–Crippen LogP) is 4.37. The lowest BCUT2D eigenvalue weighted by molar-refractivity contribution is 0.0951. The Kier molecular flexibility index (Phi) is 6.05. The maximum Gasteiger partial charge on any atom is 0.255 e. The lowest BCUT2D eigenvalue weighted by Crippen LogP contribution is -2.23. The smallest absolute Gasteiger partial charge is 0.255 e. The van der Waals surface area contributed by atoms with Gasteiger partial charge in [-0.25, -0.2) is 4.68 Å². The van der Waals surface area contributed by atoms with Crippen LogP contribution in [0.3, 0.4) is 0 Å². The molecule has 0 aliphatic rings. The van der Waals surface area contributed by atoms with E-state index in [1.54, 1.807) is 16.9 Å². The maximum absolute atomic E-state index is 13.1. The minimum absolute atomic E-state index is 0.0189. The summed E-state index contributed by atoms with van der Waals surface area (Å²) >= 11 is 0. The van der Waals surface area contributed by atoms with Crippen LogP contribution in [-0.2, 0) is 6.54 Å². The third-order valence-corrected chi connectivity index (χ3v) is 4.68. The number of nitriles is 1. The van der Waals surface area contributed by atoms with Gasteiger partial charge in [-0.3, -0.25) is 4.79 Å². The molecule has 6 nitrogen and oxygen atoms in total. The highest BCUT2D eigenvalue weighted by Gasteiger charge is 2.18. The summed E-state index contributed by atoms with van der Waals surface area (Å²) < 4.78 is 7.05. The summed E-state index contributed by atoms with van der Waals surface area (Å²) in [6.45, 7) is 0.308. The van der Waals surface area contributed by atoms with E-state index in [1.165, 1.54) is 0 Å². The van der Waals surface area contributed by atoms with Gasteiger partial charge in [-0.2, -0.15) is 10.4 Å². The second kappa shape index (κ2) is 9.42. The molecule has 3 aromatic carbocycles. The molecule has 0 spiro atoms. The quantitative estimate of drug-likeness (QED) is 0.492. The van der Waals surface area contributed by atoms with E-state index >= 15 is 0 Å². The van der Waals surface area contributed by atoms with Gasteiger partial charge in [-0.1, -0.05) is 60.7 Å². The van der Waals surface area contributed by atoms with Crippen molar-refractivity contribution in [3.8, 4) is 28.8 Å². The largest absolute Gasteiger partial charge is 0.479 e. The van der Waals surface area contributed by atoms with Gasteiger partial charge in [0.1, 0.15) is 17.5 Å². The molecule has 1 aromatic heterocycles. The number of aromatic nitrogens is 2. The van der Waals surface area contributed by atoms with E-state index < -0.39 is 0 Å². The van der Waals surface area contributed by atoms with Crippen LogP contribution in [-0.4, -0.2) is 22.3 Å². The van der Waals surface area contributed by atoms with E-state index in [1.807, 2.05) is 84.9 Å². The monoisotopic (exact) mass is 408 g/mol. The average molecular weight is 408 g/mol. The lowest BCUT2D eigenvalue weighted by Gasteiger charge is -2.07. The minimum Gasteiger partial charge on any atom is -0.479 e. The van der Waals surface area contributed by atoms with E-state index in [9.17, 15) is 4.79 Å². The van der Waals surface area contributed by atoms with Crippen LogP contribution in [0, 0.1) is 11.3 Å². The van der Waals surface area contributed by atoms with Crippen molar-refractivity contribution < 1.29 is 9.53 Å². The number of rotatable bonds is 7. The number of nitrogens with zero attached hydrogens (tertiary/aromatic N) is 3. The fourth-order valence-corrected chi connectivity index (χ4v) is 3.20. The van der Waals surface area contributed by atoms with Gasteiger partial charge >= 0.3 is 0 Å². The molecule has 0 atom stereocenters. The van der Waals surface area contributed by atoms with Crippen LogP contribution in [0.15, 0.2) is 91.1 Å². The molecule has 6 heteroatoms. The normalized spacial score (nSPS) is 10.3. The molecule has 31 heavy (non-hydrogen) atoms. The van der Waals surface area contributed by atoms with Crippen molar-refractivity contribution in [1.29, 1.82) is 5.26 Å². The molecule has 1 heterocycles. The standard InChI is InChI=1S/C25H20N4O2/c26-14-15-31-22-13-7-8-19(16-22)17-27-25(30)23-18-29(21-11-5-2-6-12-21)28-24(23)20-9-3-1-4-10-20/h1-13,16,18H,15,17H2,(H,27,30). The number of ether oxygens (including phenoxy) is 1. The molecule has 0 radical (unpaired) electrons. The first-order chi connectivity index (χ1) is 15.2. The summed E-state index contributed by atoms with van der Waals surface area (Å²) in [6.07, 6.45) is 1.75. The molecule has 1 amide bonds. The van der Waals surface area contributed by atoms with Gasteiger partial charge in [0.15, 0.2) is 6.61 Å². The van der Waals surface area contributed by atoms with Crippen LogP contribution in [0.4, 0.5) is 0 Å². The van der Waals surface area contributed by atoms with Gasteiger partial charge in [-0.15, -0.1) is 0 Å². The highest BCUT2D eigenvalue weighted by Crippen LogP contribution is 2.24. The fourth-order valence-electron chi connectivity index (χ4n) is 3.20. The number of carbonyl (C=O) groups is 1. The van der Waals surface area contributed by atoms with Gasteiger partial charge in [0.25, 0.3) is 5.91 Å². The molecule has 0 saturated heterocycles. The number of carbonyl (C=O) groups excluding carboxylic acids is 1. The Bertz CT molecular complexity index is 1210. The lowest BCUT2D eigenvalue weighted by atomic mass is 10.1. The number of amides is 1. The van der Waals surface area contributed by atoms with Crippen molar-refractivity contribution in [2.75, 3.05) is 6.61 Å². The molecule has 4 rings (SSSR count). The summed E-state index contributed by atoms with van der Waals surface area (Å²) in [6, 6.07) is 28.6. The minimum atomic E-state index is -0.218. The third kappa shape index (κ3) is 4.80. The zero-order valence-electron chi connectivity index (χ0n) is 16.7. The maximum atomic E-state index is 13.1. The van der Waals surface area contributed by atoms with Crippen molar-refractivity contribution >= 4 is 5.91 Å².